The monoisotopic (exact) mass is 682 g/mol. The maximum Gasteiger partial charge on any atom is 0.186 e. The molecule has 1 fully saturated rings. The zero-order valence-electron chi connectivity index (χ0n) is 29.9. The van der Waals surface area contributed by atoms with Gasteiger partial charge in [0.1, 0.15) is 18.3 Å². The smallest absolute Gasteiger partial charge is 0.186 e. The Balaban J connectivity index is 0.0000194. The molecule has 0 aromatic heterocycles. The van der Waals surface area contributed by atoms with Gasteiger partial charge in [-0.3, -0.25) is 0 Å². The van der Waals surface area contributed by atoms with E-state index in [-0.39, 0.29) is 18.5 Å². The summed E-state index contributed by atoms with van der Waals surface area (Å²) in [7, 11) is 1.66. The lowest BCUT2D eigenvalue weighted by Gasteiger charge is -2.43. The fourth-order valence-electron chi connectivity index (χ4n) is 6.19. The first-order valence-corrected chi connectivity index (χ1v) is 20.2. The number of aliphatic hydroxyl groups is 1. The highest BCUT2D eigenvalue weighted by atomic mass is 35.5. The molecule has 0 aliphatic carbocycles. The largest absolute Gasteiger partial charge is 0.388 e. The number of hydrogen-bond acceptors (Lipinski definition) is 7. The zero-order chi connectivity index (χ0) is 31.9. The summed E-state index contributed by atoms with van der Waals surface area (Å²) >= 11 is 1.70. The Morgan fingerprint density at radius 2 is 0.978 bits per heavy atom. The van der Waals surface area contributed by atoms with Crippen LogP contribution in [-0.4, -0.2) is 74.2 Å². The SMILES string of the molecule is CCCCCCCCCCCCCCO[C@H]1[C@@H](OC)O[C@H](CSCCN)[C@@H](O)[C@@H]1OCCCCCCCCCCCCCC.Cl. The zero-order valence-corrected chi connectivity index (χ0v) is 31.5. The number of methoxy groups -OCH3 is 1. The first-order chi connectivity index (χ1) is 21.7. The third kappa shape index (κ3) is 24.2. The highest BCUT2D eigenvalue weighted by Crippen LogP contribution is 2.29. The van der Waals surface area contributed by atoms with Crippen LogP contribution in [0.4, 0.5) is 0 Å². The van der Waals surface area contributed by atoms with Crippen LogP contribution in [-0.2, 0) is 18.9 Å². The minimum Gasteiger partial charge on any atom is -0.388 e. The first-order valence-electron chi connectivity index (χ1n) is 19.1. The molecule has 1 heterocycles. The average molecular weight is 683 g/mol. The molecule has 8 heteroatoms. The quantitative estimate of drug-likeness (QED) is 0.0667. The molecule has 0 bridgehead atoms. The van der Waals surface area contributed by atoms with Crippen molar-refractivity contribution in [3.63, 3.8) is 0 Å². The van der Waals surface area contributed by atoms with Crippen LogP contribution in [0.2, 0.25) is 0 Å². The highest BCUT2D eigenvalue weighted by Gasteiger charge is 2.46. The second kappa shape index (κ2) is 34.3. The number of nitrogens with two attached hydrogens (primary N) is 1. The summed E-state index contributed by atoms with van der Waals surface area (Å²) in [6.07, 6.45) is 29.1. The van der Waals surface area contributed by atoms with Crippen LogP contribution in [0.1, 0.15) is 168 Å². The molecule has 272 valence electrons. The molecular formula is C37H76ClNO5S. The predicted molar refractivity (Wildman–Crippen MR) is 197 cm³/mol. The molecule has 0 saturated carbocycles. The summed E-state index contributed by atoms with van der Waals surface area (Å²) in [6, 6.07) is 0. The number of ether oxygens (including phenoxy) is 4. The maximum atomic E-state index is 11.3. The van der Waals surface area contributed by atoms with Gasteiger partial charge in [0, 0.05) is 38.4 Å². The fraction of sp³-hybridized carbons (Fsp3) is 1.00. The van der Waals surface area contributed by atoms with Crippen molar-refractivity contribution in [2.45, 2.75) is 199 Å². The third-order valence-electron chi connectivity index (χ3n) is 9.01. The van der Waals surface area contributed by atoms with Gasteiger partial charge in [-0.2, -0.15) is 11.8 Å². The Morgan fingerprint density at radius 3 is 1.36 bits per heavy atom. The van der Waals surface area contributed by atoms with Crippen molar-refractivity contribution in [2.24, 2.45) is 5.73 Å². The summed E-state index contributed by atoms with van der Waals surface area (Å²) < 4.78 is 24.6. The molecule has 1 saturated heterocycles. The molecule has 0 aromatic carbocycles. The topological polar surface area (TPSA) is 83.2 Å². The van der Waals surface area contributed by atoms with Gasteiger partial charge in [0.25, 0.3) is 0 Å². The Hall–Kier alpha value is 0.400. The van der Waals surface area contributed by atoms with E-state index in [4.69, 9.17) is 24.7 Å². The number of rotatable bonds is 33. The first kappa shape index (κ1) is 45.4. The number of unbranched alkanes of at least 4 members (excludes halogenated alkanes) is 22. The van der Waals surface area contributed by atoms with Crippen molar-refractivity contribution >= 4 is 24.2 Å². The molecule has 1 rings (SSSR count). The van der Waals surface area contributed by atoms with Crippen molar-refractivity contribution in [1.29, 1.82) is 0 Å². The van der Waals surface area contributed by atoms with E-state index in [0.29, 0.717) is 25.5 Å². The Morgan fingerprint density at radius 1 is 0.600 bits per heavy atom. The second-order valence-electron chi connectivity index (χ2n) is 13.1. The summed E-state index contributed by atoms with van der Waals surface area (Å²) in [4.78, 5) is 0. The van der Waals surface area contributed by atoms with Crippen LogP contribution in [0.5, 0.6) is 0 Å². The van der Waals surface area contributed by atoms with E-state index in [0.717, 1.165) is 18.6 Å². The van der Waals surface area contributed by atoms with Crippen LogP contribution >= 0.6 is 24.2 Å². The van der Waals surface area contributed by atoms with Gasteiger partial charge < -0.3 is 29.8 Å². The Labute approximate surface area is 290 Å². The molecule has 0 radical (unpaired) electrons. The number of halogens is 1. The van der Waals surface area contributed by atoms with Crippen LogP contribution in [0.25, 0.3) is 0 Å². The summed E-state index contributed by atoms with van der Waals surface area (Å²) in [5.41, 5.74) is 5.69. The standard InChI is InChI=1S/C37H75NO5S.ClH/c1-4-6-8-10-12-14-16-18-20-22-24-26-29-41-35-34(39)33(32-44-31-28-38)43-37(40-3)36(35)42-30-27-25-23-21-19-17-15-13-11-9-7-5-2;/h33-37,39H,4-32,38H2,1-3H3;1H/t33-,34-,35+,36-,37+;/m1./s1. The van der Waals surface area contributed by atoms with E-state index in [1.807, 2.05) is 0 Å². The molecule has 0 spiro atoms. The van der Waals surface area contributed by atoms with Gasteiger partial charge in [-0.1, -0.05) is 155 Å². The molecule has 5 atom stereocenters. The highest BCUT2D eigenvalue weighted by molar-refractivity contribution is 7.99. The summed E-state index contributed by atoms with van der Waals surface area (Å²) in [5, 5.41) is 11.3. The van der Waals surface area contributed by atoms with E-state index in [1.165, 1.54) is 141 Å². The number of hydrogen-bond donors (Lipinski definition) is 2. The van der Waals surface area contributed by atoms with Crippen molar-refractivity contribution in [3.05, 3.63) is 0 Å². The molecule has 1 aliphatic heterocycles. The lowest BCUT2D eigenvalue weighted by molar-refractivity contribution is -0.302. The lowest BCUT2D eigenvalue weighted by atomic mass is 9.99. The van der Waals surface area contributed by atoms with E-state index in [9.17, 15) is 5.11 Å². The summed E-state index contributed by atoms with van der Waals surface area (Å²) in [6.45, 7) is 6.45. The van der Waals surface area contributed by atoms with Crippen LogP contribution in [0.15, 0.2) is 0 Å². The number of aliphatic hydroxyl groups excluding tert-OH is 1. The van der Waals surface area contributed by atoms with Gasteiger partial charge in [-0.25, -0.2) is 0 Å². The van der Waals surface area contributed by atoms with Crippen LogP contribution in [0.3, 0.4) is 0 Å². The Kier molecular flexibility index (Phi) is 34.6. The molecular weight excluding hydrogens is 606 g/mol. The predicted octanol–water partition coefficient (Wildman–Crippen LogP) is 10.0. The molecule has 3 N–H and O–H groups in total. The fourth-order valence-corrected chi connectivity index (χ4v) is 7.03. The van der Waals surface area contributed by atoms with Gasteiger partial charge in [0.2, 0.25) is 0 Å². The van der Waals surface area contributed by atoms with Gasteiger partial charge in [0.15, 0.2) is 6.29 Å². The normalized spacial score (nSPS) is 21.7. The molecule has 0 aromatic rings. The van der Waals surface area contributed by atoms with Crippen molar-refractivity contribution < 1.29 is 24.1 Å². The van der Waals surface area contributed by atoms with Gasteiger partial charge in [0.05, 0.1) is 6.10 Å². The molecule has 0 unspecified atom stereocenters. The molecule has 45 heavy (non-hydrogen) atoms. The van der Waals surface area contributed by atoms with Crippen molar-refractivity contribution in [3.8, 4) is 0 Å². The van der Waals surface area contributed by atoms with E-state index in [1.54, 1.807) is 18.9 Å². The minimum absolute atomic E-state index is 0. The van der Waals surface area contributed by atoms with Crippen LogP contribution < -0.4 is 5.73 Å². The van der Waals surface area contributed by atoms with Gasteiger partial charge in [-0.15, -0.1) is 12.4 Å². The lowest BCUT2D eigenvalue weighted by Crippen LogP contribution is -2.60. The van der Waals surface area contributed by atoms with Gasteiger partial charge >= 0.3 is 0 Å². The van der Waals surface area contributed by atoms with Crippen molar-refractivity contribution in [1.82, 2.24) is 0 Å². The van der Waals surface area contributed by atoms with E-state index in [2.05, 4.69) is 13.8 Å². The summed E-state index contributed by atoms with van der Waals surface area (Å²) in [5.74, 6) is 1.51. The average Bonchev–Trinajstić information content (AvgIpc) is 3.03. The van der Waals surface area contributed by atoms with Gasteiger partial charge in [-0.05, 0) is 12.8 Å². The van der Waals surface area contributed by atoms with Crippen LogP contribution in [0, 0.1) is 0 Å². The molecule has 0 amide bonds. The molecule has 1 aliphatic rings. The number of thioether (sulfide) groups is 1. The minimum atomic E-state index is -0.740. The second-order valence-corrected chi connectivity index (χ2v) is 14.2. The third-order valence-corrected chi connectivity index (χ3v) is 10.1. The Bertz CT molecular complexity index is 593. The van der Waals surface area contributed by atoms with E-state index < -0.39 is 24.6 Å². The maximum absolute atomic E-state index is 11.3. The molecule has 6 nitrogen and oxygen atoms in total. The van der Waals surface area contributed by atoms with Crippen molar-refractivity contribution in [2.75, 3.05) is 38.4 Å². The van der Waals surface area contributed by atoms with E-state index >= 15 is 0 Å².